The summed E-state index contributed by atoms with van der Waals surface area (Å²) >= 11 is 10.3. The summed E-state index contributed by atoms with van der Waals surface area (Å²) in [5.41, 5.74) is 1.33. The van der Waals surface area contributed by atoms with Gasteiger partial charge in [-0.15, -0.1) is 0 Å². The smallest absolute Gasteiger partial charge is 0.293 e. The van der Waals surface area contributed by atoms with Crippen molar-refractivity contribution in [2.45, 2.75) is 13.5 Å². The Labute approximate surface area is 174 Å². The largest absolute Gasteiger partial charge is 0.503 e. The van der Waals surface area contributed by atoms with E-state index >= 15 is 0 Å². The standard InChI is InChI=1S/C19H15BrClNO4S/c1-2-26-15-8-11(7-13(20)17(15)23)9-16-18(24)22(19(25)27-16)10-12-5-3-4-6-14(12)21/h3-9,23H,2,10H2,1H3/b16-9+. The number of ether oxygens (including phenoxy) is 1. The van der Waals surface area contributed by atoms with Crippen molar-refractivity contribution in [1.82, 2.24) is 4.90 Å². The van der Waals surface area contributed by atoms with Crippen molar-refractivity contribution in [3.63, 3.8) is 0 Å². The van der Waals surface area contributed by atoms with Gasteiger partial charge in [-0.2, -0.15) is 0 Å². The molecule has 8 heteroatoms. The highest BCUT2D eigenvalue weighted by atomic mass is 79.9. The number of halogens is 2. The van der Waals surface area contributed by atoms with E-state index in [0.717, 1.165) is 16.7 Å². The van der Waals surface area contributed by atoms with Crippen LogP contribution in [0.15, 0.2) is 45.8 Å². The highest BCUT2D eigenvalue weighted by molar-refractivity contribution is 9.10. The third-order valence-electron chi connectivity index (χ3n) is 3.81. The van der Waals surface area contributed by atoms with Crippen LogP contribution >= 0.6 is 39.3 Å². The zero-order chi connectivity index (χ0) is 19.6. The predicted octanol–water partition coefficient (Wildman–Crippen LogP) is 5.44. The van der Waals surface area contributed by atoms with Gasteiger partial charge in [0.05, 0.1) is 22.5 Å². The van der Waals surface area contributed by atoms with Gasteiger partial charge in [-0.1, -0.05) is 29.8 Å². The summed E-state index contributed by atoms with van der Waals surface area (Å²) in [5, 5.41) is 10.2. The molecule has 2 aromatic rings. The summed E-state index contributed by atoms with van der Waals surface area (Å²) in [7, 11) is 0. The Balaban J connectivity index is 1.87. The van der Waals surface area contributed by atoms with Crippen molar-refractivity contribution in [3.05, 3.63) is 61.9 Å². The molecular formula is C19H15BrClNO4S. The summed E-state index contributed by atoms with van der Waals surface area (Å²) in [4.78, 5) is 26.4. The molecule has 5 nitrogen and oxygen atoms in total. The zero-order valence-corrected chi connectivity index (χ0v) is 17.4. The summed E-state index contributed by atoms with van der Waals surface area (Å²) in [6.45, 7) is 2.31. The molecule has 140 valence electrons. The fourth-order valence-electron chi connectivity index (χ4n) is 2.53. The predicted molar refractivity (Wildman–Crippen MR) is 110 cm³/mol. The fourth-order valence-corrected chi connectivity index (χ4v) is 4.02. The Kier molecular flexibility index (Phi) is 6.14. The number of rotatable bonds is 5. The molecule has 2 aromatic carbocycles. The van der Waals surface area contributed by atoms with Gasteiger partial charge in [0.25, 0.3) is 11.1 Å². The molecule has 1 heterocycles. The lowest BCUT2D eigenvalue weighted by Crippen LogP contribution is -2.27. The second-order valence-electron chi connectivity index (χ2n) is 5.64. The van der Waals surface area contributed by atoms with E-state index in [0.29, 0.717) is 37.9 Å². The van der Waals surface area contributed by atoms with E-state index in [1.54, 1.807) is 49.4 Å². The fraction of sp³-hybridized carbons (Fsp3) is 0.158. The number of carbonyl (C=O) groups excluding carboxylic acids is 2. The number of phenolic OH excluding ortho intramolecular Hbond substituents is 1. The average Bonchev–Trinajstić information content (AvgIpc) is 2.88. The van der Waals surface area contributed by atoms with Crippen molar-refractivity contribution >= 4 is 56.5 Å². The molecule has 1 saturated heterocycles. The minimum Gasteiger partial charge on any atom is -0.503 e. The molecule has 0 aromatic heterocycles. The Bertz CT molecular complexity index is 947. The van der Waals surface area contributed by atoms with Crippen LogP contribution in [0.2, 0.25) is 5.02 Å². The van der Waals surface area contributed by atoms with Crippen LogP contribution < -0.4 is 4.74 Å². The van der Waals surface area contributed by atoms with Gasteiger partial charge in [0, 0.05) is 5.02 Å². The van der Waals surface area contributed by atoms with Crippen LogP contribution in [-0.2, 0) is 11.3 Å². The van der Waals surface area contributed by atoms with Crippen LogP contribution in [0.4, 0.5) is 4.79 Å². The average molecular weight is 469 g/mol. The van der Waals surface area contributed by atoms with Gasteiger partial charge in [-0.3, -0.25) is 14.5 Å². The highest BCUT2D eigenvalue weighted by Crippen LogP contribution is 2.38. The second-order valence-corrected chi connectivity index (χ2v) is 7.90. The minimum atomic E-state index is -0.382. The van der Waals surface area contributed by atoms with E-state index in [4.69, 9.17) is 16.3 Å². The Morgan fingerprint density at radius 1 is 1.30 bits per heavy atom. The van der Waals surface area contributed by atoms with E-state index in [2.05, 4.69) is 15.9 Å². The molecule has 0 unspecified atom stereocenters. The quantitative estimate of drug-likeness (QED) is 0.592. The lowest BCUT2D eigenvalue weighted by Gasteiger charge is -2.13. The molecule has 1 aliphatic heterocycles. The molecule has 27 heavy (non-hydrogen) atoms. The maximum Gasteiger partial charge on any atom is 0.293 e. The van der Waals surface area contributed by atoms with Crippen LogP contribution in [0.5, 0.6) is 11.5 Å². The Morgan fingerprint density at radius 3 is 2.74 bits per heavy atom. The number of hydrogen-bond acceptors (Lipinski definition) is 5. The number of benzene rings is 2. The topological polar surface area (TPSA) is 66.8 Å². The molecule has 0 saturated carbocycles. The molecule has 0 spiro atoms. The first-order valence-corrected chi connectivity index (χ1v) is 10.0. The SMILES string of the molecule is CCOc1cc(/C=C2/SC(=O)N(Cc3ccccc3Cl)C2=O)cc(Br)c1O. The van der Waals surface area contributed by atoms with Crippen molar-refractivity contribution in [3.8, 4) is 11.5 Å². The van der Waals surface area contributed by atoms with Crippen molar-refractivity contribution in [2.75, 3.05) is 6.61 Å². The molecule has 1 aliphatic rings. The van der Waals surface area contributed by atoms with E-state index in [9.17, 15) is 14.7 Å². The number of nitrogens with zero attached hydrogens (tertiary/aromatic N) is 1. The van der Waals surface area contributed by atoms with E-state index in [1.807, 2.05) is 0 Å². The number of thioether (sulfide) groups is 1. The molecule has 3 rings (SSSR count). The molecule has 1 fully saturated rings. The zero-order valence-electron chi connectivity index (χ0n) is 14.2. The van der Waals surface area contributed by atoms with E-state index in [1.165, 1.54) is 0 Å². The molecule has 2 amide bonds. The van der Waals surface area contributed by atoms with Crippen molar-refractivity contribution in [2.24, 2.45) is 0 Å². The van der Waals surface area contributed by atoms with Crippen molar-refractivity contribution < 1.29 is 19.4 Å². The minimum absolute atomic E-state index is 0.0131. The number of imide groups is 1. The van der Waals surface area contributed by atoms with Crippen LogP contribution in [0.25, 0.3) is 6.08 Å². The first-order chi connectivity index (χ1) is 12.9. The first-order valence-electron chi connectivity index (χ1n) is 8.04. The number of amides is 2. The van der Waals surface area contributed by atoms with Crippen LogP contribution in [-0.4, -0.2) is 27.8 Å². The molecule has 1 N–H and O–H groups in total. The summed E-state index contributed by atoms with van der Waals surface area (Å²) < 4.78 is 5.83. The van der Waals surface area contributed by atoms with Gasteiger partial charge in [-0.25, -0.2) is 0 Å². The summed E-state index contributed by atoms with van der Waals surface area (Å²) in [6.07, 6.45) is 1.60. The molecule has 0 atom stereocenters. The normalized spacial score (nSPS) is 15.7. The van der Waals surface area contributed by atoms with Crippen LogP contribution in [0.3, 0.4) is 0 Å². The number of aromatic hydroxyl groups is 1. The summed E-state index contributed by atoms with van der Waals surface area (Å²) in [6, 6.07) is 10.4. The van der Waals surface area contributed by atoms with Gasteiger partial charge in [-0.05, 0) is 70.0 Å². The molecule has 0 aliphatic carbocycles. The van der Waals surface area contributed by atoms with Gasteiger partial charge in [0.2, 0.25) is 0 Å². The van der Waals surface area contributed by atoms with Gasteiger partial charge >= 0.3 is 0 Å². The van der Waals surface area contributed by atoms with Crippen LogP contribution in [0.1, 0.15) is 18.1 Å². The lowest BCUT2D eigenvalue weighted by atomic mass is 10.1. The van der Waals surface area contributed by atoms with Gasteiger partial charge in [0.1, 0.15) is 0 Å². The molecular weight excluding hydrogens is 454 g/mol. The Hall–Kier alpha value is -1.96. The first kappa shape index (κ1) is 19.8. The molecule has 0 bridgehead atoms. The third kappa shape index (κ3) is 4.31. The molecule has 0 radical (unpaired) electrons. The van der Waals surface area contributed by atoms with Gasteiger partial charge in [0.15, 0.2) is 11.5 Å². The highest BCUT2D eigenvalue weighted by Gasteiger charge is 2.35. The number of hydrogen-bond donors (Lipinski definition) is 1. The van der Waals surface area contributed by atoms with E-state index in [-0.39, 0.29) is 23.4 Å². The van der Waals surface area contributed by atoms with E-state index < -0.39 is 0 Å². The summed E-state index contributed by atoms with van der Waals surface area (Å²) in [5.74, 6) is -0.0960. The van der Waals surface area contributed by atoms with Crippen molar-refractivity contribution in [1.29, 1.82) is 0 Å². The Morgan fingerprint density at radius 2 is 2.04 bits per heavy atom. The second kappa shape index (κ2) is 8.37. The lowest BCUT2D eigenvalue weighted by molar-refractivity contribution is -0.123. The third-order valence-corrected chi connectivity index (χ3v) is 5.69. The number of carbonyl (C=O) groups is 2. The van der Waals surface area contributed by atoms with Crippen LogP contribution in [0, 0.1) is 0 Å². The maximum absolute atomic E-state index is 12.7. The number of phenols is 1. The van der Waals surface area contributed by atoms with Gasteiger partial charge < -0.3 is 9.84 Å². The maximum atomic E-state index is 12.7. The monoisotopic (exact) mass is 467 g/mol.